The molecule has 1 N–H and O–H groups in total. The van der Waals surface area contributed by atoms with Crippen LogP contribution in [0.4, 0.5) is 5.69 Å². The largest absolute Gasteiger partial charge is 0.370 e. The van der Waals surface area contributed by atoms with Crippen LogP contribution in [0.15, 0.2) is 18.2 Å². The van der Waals surface area contributed by atoms with E-state index in [4.69, 9.17) is 11.6 Å². The summed E-state index contributed by atoms with van der Waals surface area (Å²) in [6, 6.07) is 6.47. The third-order valence-electron chi connectivity index (χ3n) is 4.34. The van der Waals surface area contributed by atoms with Crippen LogP contribution in [0.1, 0.15) is 39.7 Å². The van der Waals surface area contributed by atoms with Crippen molar-refractivity contribution in [3.8, 4) is 0 Å². The van der Waals surface area contributed by atoms with Gasteiger partial charge in [0.05, 0.1) is 10.7 Å². The van der Waals surface area contributed by atoms with Crippen molar-refractivity contribution in [1.82, 2.24) is 5.32 Å². The molecule has 1 aliphatic rings. The zero-order valence-electron chi connectivity index (χ0n) is 13.2. The Labute approximate surface area is 128 Å². The van der Waals surface area contributed by atoms with Crippen molar-refractivity contribution >= 4 is 17.3 Å². The third kappa shape index (κ3) is 3.67. The van der Waals surface area contributed by atoms with E-state index in [1.165, 1.54) is 17.7 Å². The summed E-state index contributed by atoms with van der Waals surface area (Å²) in [4.78, 5) is 2.44. The second kappa shape index (κ2) is 6.36. The molecule has 0 aliphatic carbocycles. The Hall–Kier alpha value is -0.730. The summed E-state index contributed by atoms with van der Waals surface area (Å²) >= 11 is 6.48. The van der Waals surface area contributed by atoms with Gasteiger partial charge in [-0.1, -0.05) is 45.4 Å². The molecule has 1 fully saturated rings. The van der Waals surface area contributed by atoms with E-state index >= 15 is 0 Å². The number of hydrogen-bond acceptors (Lipinski definition) is 2. The second-order valence-electron chi connectivity index (χ2n) is 6.86. The first-order chi connectivity index (χ1) is 9.41. The predicted octanol–water partition coefficient (Wildman–Crippen LogP) is 4.32. The van der Waals surface area contributed by atoms with Gasteiger partial charge in [0.15, 0.2) is 0 Å². The first-order valence-electron chi connectivity index (χ1n) is 7.66. The summed E-state index contributed by atoms with van der Waals surface area (Å²) in [7, 11) is 0. The first kappa shape index (κ1) is 15.7. The predicted molar refractivity (Wildman–Crippen MR) is 88.6 cm³/mol. The molecule has 20 heavy (non-hydrogen) atoms. The van der Waals surface area contributed by atoms with E-state index in [0.717, 1.165) is 37.1 Å². The van der Waals surface area contributed by atoms with Crippen LogP contribution in [0.25, 0.3) is 0 Å². The molecule has 0 amide bonds. The van der Waals surface area contributed by atoms with E-state index in [-0.39, 0.29) is 0 Å². The lowest BCUT2D eigenvalue weighted by molar-refractivity contribution is 0.263. The summed E-state index contributed by atoms with van der Waals surface area (Å²) in [6.45, 7) is 13.2. The first-order valence-corrected chi connectivity index (χ1v) is 8.03. The Morgan fingerprint density at radius 2 is 2.10 bits per heavy atom. The number of halogens is 1. The molecular formula is C17H27ClN2. The van der Waals surface area contributed by atoms with Crippen LogP contribution in [0.2, 0.25) is 5.02 Å². The summed E-state index contributed by atoms with van der Waals surface area (Å²) in [5, 5.41) is 4.22. The van der Waals surface area contributed by atoms with Crippen LogP contribution in [0.5, 0.6) is 0 Å². The molecule has 0 aromatic heterocycles. The van der Waals surface area contributed by atoms with Crippen molar-refractivity contribution in [3.05, 3.63) is 28.8 Å². The fourth-order valence-electron chi connectivity index (χ4n) is 2.87. The molecule has 1 unspecified atom stereocenters. The quantitative estimate of drug-likeness (QED) is 0.889. The maximum absolute atomic E-state index is 6.48. The van der Waals surface area contributed by atoms with Gasteiger partial charge in [0.2, 0.25) is 0 Å². The molecule has 3 heteroatoms. The number of hydrogen-bond donors (Lipinski definition) is 1. The summed E-state index contributed by atoms with van der Waals surface area (Å²) in [5.74, 6) is 0.750. The average Bonchev–Trinajstić information content (AvgIpc) is 2.85. The molecule has 0 saturated carbocycles. The van der Waals surface area contributed by atoms with E-state index in [1.54, 1.807) is 0 Å². The van der Waals surface area contributed by atoms with Crippen LogP contribution in [0, 0.1) is 11.3 Å². The van der Waals surface area contributed by atoms with Gasteiger partial charge in [-0.3, -0.25) is 0 Å². The van der Waals surface area contributed by atoms with Crippen molar-refractivity contribution in [2.75, 3.05) is 24.5 Å². The van der Waals surface area contributed by atoms with Gasteiger partial charge in [-0.2, -0.15) is 0 Å². The van der Waals surface area contributed by atoms with Crippen LogP contribution in [-0.2, 0) is 6.54 Å². The Bertz CT molecular complexity index is 451. The minimum Gasteiger partial charge on any atom is -0.370 e. The molecule has 0 radical (unpaired) electrons. The van der Waals surface area contributed by atoms with Gasteiger partial charge >= 0.3 is 0 Å². The van der Waals surface area contributed by atoms with Gasteiger partial charge < -0.3 is 10.2 Å². The lowest BCUT2D eigenvalue weighted by Crippen LogP contribution is -2.26. The zero-order chi connectivity index (χ0) is 14.8. The number of anilines is 1. The highest BCUT2D eigenvalue weighted by molar-refractivity contribution is 6.33. The standard InChI is InChI=1S/C17H27ClN2/c1-5-19-11-13-6-7-16(15(18)10-13)20-9-8-14(12-20)17(2,3)4/h6-7,10,14,19H,5,8-9,11-12H2,1-4H3. The van der Waals surface area contributed by atoms with E-state index in [2.05, 4.69) is 56.1 Å². The van der Waals surface area contributed by atoms with E-state index in [1.807, 2.05) is 0 Å². The number of benzene rings is 1. The third-order valence-corrected chi connectivity index (χ3v) is 4.65. The summed E-state index contributed by atoms with van der Waals surface area (Å²) in [6.07, 6.45) is 1.26. The van der Waals surface area contributed by atoms with Crippen LogP contribution < -0.4 is 10.2 Å². The maximum Gasteiger partial charge on any atom is 0.0642 e. The van der Waals surface area contributed by atoms with Crippen LogP contribution in [-0.4, -0.2) is 19.6 Å². The van der Waals surface area contributed by atoms with Crippen LogP contribution >= 0.6 is 11.6 Å². The van der Waals surface area contributed by atoms with Crippen molar-refractivity contribution in [2.45, 2.75) is 40.7 Å². The summed E-state index contributed by atoms with van der Waals surface area (Å²) < 4.78 is 0. The minimum atomic E-state index is 0.381. The topological polar surface area (TPSA) is 15.3 Å². The van der Waals surface area contributed by atoms with Crippen molar-refractivity contribution in [2.24, 2.45) is 11.3 Å². The highest BCUT2D eigenvalue weighted by Gasteiger charge is 2.32. The summed E-state index contributed by atoms with van der Waals surface area (Å²) in [5.41, 5.74) is 2.83. The monoisotopic (exact) mass is 294 g/mol. The number of rotatable bonds is 4. The lowest BCUT2D eigenvalue weighted by atomic mass is 9.80. The Kier molecular flexibility index (Phi) is 4.98. The molecule has 1 heterocycles. The molecule has 2 rings (SSSR count). The SMILES string of the molecule is CCNCc1ccc(N2CCC(C(C)(C)C)C2)c(Cl)c1. The van der Waals surface area contributed by atoms with Crippen LogP contribution in [0.3, 0.4) is 0 Å². The molecule has 0 spiro atoms. The van der Waals surface area contributed by atoms with Gasteiger partial charge in [-0.25, -0.2) is 0 Å². The highest BCUT2D eigenvalue weighted by atomic mass is 35.5. The second-order valence-corrected chi connectivity index (χ2v) is 7.27. The van der Waals surface area contributed by atoms with Gasteiger partial charge in [0.1, 0.15) is 0 Å². The molecule has 1 saturated heterocycles. The fourth-order valence-corrected chi connectivity index (χ4v) is 3.19. The molecular weight excluding hydrogens is 268 g/mol. The maximum atomic E-state index is 6.48. The number of nitrogens with zero attached hydrogens (tertiary/aromatic N) is 1. The Balaban J connectivity index is 2.07. The van der Waals surface area contributed by atoms with Gasteiger partial charge in [-0.15, -0.1) is 0 Å². The minimum absolute atomic E-state index is 0.381. The Morgan fingerprint density at radius 3 is 2.65 bits per heavy atom. The van der Waals surface area contributed by atoms with Gasteiger partial charge in [-0.05, 0) is 42.0 Å². The highest BCUT2D eigenvalue weighted by Crippen LogP contribution is 2.37. The molecule has 1 aliphatic heterocycles. The van der Waals surface area contributed by atoms with Crippen molar-refractivity contribution in [3.63, 3.8) is 0 Å². The number of nitrogens with one attached hydrogen (secondary N) is 1. The van der Waals surface area contributed by atoms with Crippen molar-refractivity contribution in [1.29, 1.82) is 0 Å². The van der Waals surface area contributed by atoms with Gasteiger partial charge in [0.25, 0.3) is 0 Å². The van der Waals surface area contributed by atoms with E-state index < -0.39 is 0 Å². The normalized spacial score (nSPS) is 19.6. The average molecular weight is 295 g/mol. The smallest absolute Gasteiger partial charge is 0.0642 e. The van der Waals surface area contributed by atoms with E-state index in [9.17, 15) is 0 Å². The lowest BCUT2D eigenvalue weighted by Gasteiger charge is -2.28. The molecule has 0 bridgehead atoms. The van der Waals surface area contributed by atoms with E-state index in [0.29, 0.717) is 5.41 Å². The molecule has 1 aromatic rings. The molecule has 2 nitrogen and oxygen atoms in total. The Morgan fingerprint density at radius 1 is 1.35 bits per heavy atom. The fraction of sp³-hybridized carbons (Fsp3) is 0.647. The molecule has 1 atom stereocenters. The van der Waals surface area contributed by atoms with Gasteiger partial charge in [0, 0.05) is 19.6 Å². The molecule has 1 aromatic carbocycles. The zero-order valence-corrected chi connectivity index (χ0v) is 13.9. The van der Waals surface area contributed by atoms with Crippen molar-refractivity contribution < 1.29 is 0 Å². The molecule has 112 valence electrons.